The number of pyridine rings is 1. The smallest absolute Gasteiger partial charge is 0.241 e. The maximum Gasteiger partial charge on any atom is 0.241 e. The van der Waals surface area contributed by atoms with Gasteiger partial charge in [0, 0.05) is 36.6 Å². The minimum absolute atomic E-state index is 0.0397. The number of fused-ring (bicyclic) bond motifs is 1. The van der Waals surface area contributed by atoms with Crippen molar-refractivity contribution in [1.82, 2.24) is 4.98 Å². The molecular formula is C24H21ClF3N5O3S. The van der Waals surface area contributed by atoms with Crippen molar-refractivity contribution in [2.75, 3.05) is 28.6 Å². The van der Waals surface area contributed by atoms with Crippen LogP contribution in [0.3, 0.4) is 0 Å². The summed E-state index contributed by atoms with van der Waals surface area (Å²) in [6.07, 6.45) is 1.65. The number of aromatic nitrogens is 1. The van der Waals surface area contributed by atoms with Gasteiger partial charge in [-0.25, -0.2) is 31.7 Å². The highest BCUT2D eigenvalue weighted by molar-refractivity contribution is 7.89. The summed E-state index contributed by atoms with van der Waals surface area (Å²) in [6.45, 7) is 1.83. The Morgan fingerprint density at radius 2 is 1.73 bits per heavy atom. The van der Waals surface area contributed by atoms with Crippen LogP contribution in [0.2, 0.25) is 5.02 Å². The van der Waals surface area contributed by atoms with Crippen molar-refractivity contribution in [3.05, 3.63) is 64.6 Å². The predicted molar refractivity (Wildman–Crippen MR) is 133 cm³/mol. The molecule has 37 heavy (non-hydrogen) atoms. The second-order valence-electron chi connectivity index (χ2n) is 9.20. The van der Waals surface area contributed by atoms with Crippen LogP contribution in [0.25, 0.3) is 11.1 Å². The van der Waals surface area contributed by atoms with E-state index in [1.165, 1.54) is 22.1 Å². The van der Waals surface area contributed by atoms with Crippen LogP contribution in [-0.2, 0) is 21.2 Å². The fraction of sp³-hybridized carbons (Fsp3) is 0.250. The summed E-state index contributed by atoms with van der Waals surface area (Å²) < 4.78 is 67.8. The van der Waals surface area contributed by atoms with Crippen molar-refractivity contribution in [2.24, 2.45) is 11.1 Å². The fourth-order valence-corrected chi connectivity index (χ4v) is 5.74. The number of carbonyl (C=O) groups is 1. The summed E-state index contributed by atoms with van der Waals surface area (Å²) in [5, 5.41) is 5.31. The molecule has 0 saturated carbocycles. The first kappa shape index (κ1) is 25.3. The van der Waals surface area contributed by atoms with Gasteiger partial charge in [0.05, 0.1) is 10.9 Å². The number of rotatable bonds is 4. The van der Waals surface area contributed by atoms with Gasteiger partial charge in [0.1, 0.15) is 33.9 Å². The maximum absolute atomic E-state index is 15.0. The lowest BCUT2D eigenvalue weighted by molar-refractivity contribution is -0.123. The molecule has 5 rings (SSSR count). The summed E-state index contributed by atoms with van der Waals surface area (Å²) in [7, 11) is -4.34. The molecule has 0 unspecified atom stereocenters. The molecule has 4 N–H and O–H groups in total. The van der Waals surface area contributed by atoms with Gasteiger partial charge in [0.15, 0.2) is 0 Å². The van der Waals surface area contributed by atoms with Crippen molar-refractivity contribution in [3.8, 4) is 11.1 Å². The van der Waals surface area contributed by atoms with Crippen LogP contribution in [0.5, 0.6) is 0 Å². The van der Waals surface area contributed by atoms with Gasteiger partial charge in [-0.15, -0.1) is 0 Å². The first-order chi connectivity index (χ1) is 17.3. The fourth-order valence-electron chi connectivity index (χ4n) is 4.87. The van der Waals surface area contributed by atoms with E-state index in [-0.39, 0.29) is 52.8 Å². The molecule has 3 aromatic rings. The van der Waals surface area contributed by atoms with Crippen LogP contribution in [0.15, 0.2) is 41.4 Å². The number of nitrogens with zero attached hydrogens (tertiary/aromatic N) is 3. The molecule has 13 heteroatoms. The number of anilines is 3. The second kappa shape index (κ2) is 8.89. The summed E-state index contributed by atoms with van der Waals surface area (Å²) in [5.41, 5.74) is 6.54. The van der Waals surface area contributed by atoms with Gasteiger partial charge in [-0.05, 0) is 54.8 Å². The molecule has 194 valence electrons. The third-order valence-electron chi connectivity index (χ3n) is 6.64. The molecule has 1 fully saturated rings. The summed E-state index contributed by atoms with van der Waals surface area (Å²) in [6, 6.07) is 5.42. The lowest BCUT2D eigenvalue weighted by Crippen LogP contribution is -2.56. The van der Waals surface area contributed by atoms with Crippen LogP contribution < -0.4 is 20.7 Å². The zero-order valence-corrected chi connectivity index (χ0v) is 21.0. The Kier molecular flexibility index (Phi) is 6.08. The zero-order chi connectivity index (χ0) is 26.8. The Morgan fingerprint density at radius 3 is 2.32 bits per heavy atom. The van der Waals surface area contributed by atoms with E-state index in [9.17, 15) is 26.4 Å². The van der Waals surface area contributed by atoms with E-state index in [4.69, 9.17) is 22.5 Å². The van der Waals surface area contributed by atoms with E-state index in [1.54, 1.807) is 6.92 Å². The number of carbonyl (C=O) groups excluding carboxylic acids is 1. The molecule has 2 aliphatic heterocycles. The predicted octanol–water partition coefficient (Wildman–Crippen LogP) is 3.46. The molecule has 0 bridgehead atoms. The van der Waals surface area contributed by atoms with E-state index in [1.807, 2.05) is 0 Å². The van der Waals surface area contributed by atoms with E-state index >= 15 is 0 Å². The monoisotopic (exact) mass is 551 g/mol. The first-order valence-electron chi connectivity index (χ1n) is 11.2. The maximum atomic E-state index is 15.0. The van der Waals surface area contributed by atoms with Crippen molar-refractivity contribution in [2.45, 2.75) is 24.3 Å². The van der Waals surface area contributed by atoms with Gasteiger partial charge in [-0.2, -0.15) is 0 Å². The third kappa shape index (κ3) is 4.38. The van der Waals surface area contributed by atoms with E-state index in [2.05, 4.69) is 4.98 Å². The lowest BCUT2D eigenvalue weighted by atomic mass is 9.96. The number of nitrogens with two attached hydrogens (primary N) is 2. The highest BCUT2D eigenvalue weighted by Crippen LogP contribution is 2.40. The Morgan fingerprint density at radius 1 is 1.08 bits per heavy atom. The molecule has 1 saturated heterocycles. The molecule has 2 aromatic carbocycles. The van der Waals surface area contributed by atoms with Crippen molar-refractivity contribution in [1.29, 1.82) is 0 Å². The summed E-state index contributed by atoms with van der Waals surface area (Å²) in [5.74, 6) is -3.44. The van der Waals surface area contributed by atoms with Crippen molar-refractivity contribution in [3.63, 3.8) is 0 Å². The minimum atomic E-state index is -4.34. The molecule has 0 radical (unpaired) electrons. The van der Waals surface area contributed by atoms with E-state index < -0.39 is 38.3 Å². The Labute approximate surface area is 215 Å². The lowest BCUT2D eigenvalue weighted by Gasteiger charge is -2.42. The molecule has 0 aliphatic carbocycles. The molecule has 1 atom stereocenters. The molecule has 1 amide bonds. The topological polar surface area (TPSA) is 123 Å². The van der Waals surface area contributed by atoms with Gasteiger partial charge in [0.25, 0.3) is 0 Å². The highest BCUT2D eigenvalue weighted by atomic mass is 35.5. The second-order valence-corrected chi connectivity index (χ2v) is 11.1. The van der Waals surface area contributed by atoms with Gasteiger partial charge in [-0.1, -0.05) is 11.6 Å². The summed E-state index contributed by atoms with van der Waals surface area (Å²) >= 11 is 6.14. The molecule has 3 heterocycles. The van der Waals surface area contributed by atoms with Gasteiger partial charge in [0.2, 0.25) is 15.9 Å². The third-order valence-corrected chi connectivity index (χ3v) is 7.88. The molecule has 0 spiro atoms. The number of sulfonamides is 1. The normalized spacial score (nSPS) is 17.6. The van der Waals surface area contributed by atoms with Gasteiger partial charge < -0.3 is 15.5 Å². The first-order valence-corrected chi connectivity index (χ1v) is 13.1. The number of hydrogen-bond acceptors (Lipinski definition) is 6. The number of amides is 1. The van der Waals surface area contributed by atoms with Crippen LogP contribution >= 0.6 is 11.6 Å². The quantitative estimate of drug-likeness (QED) is 0.512. The van der Waals surface area contributed by atoms with Crippen molar-refractivity contribution >= 4 is 44.7 Å². The Hall–Kier alpha value is -3.35. The van der Waals surface area contributed by atoms with Crippen LogP contribution in [0, 0.1) is 23.4 Å². The van der Waals surface area contributed by atoms with Crippen LogP contribution in [0.4, 0.5) is 30.4 Å². The van der Waals surface area contributed by atoms with E-state index in [0.29, 0.717) is 17.5 Å². The summed E-state index contributed by atoms with van der Waals surface area (Å²) in [4.78, 5) is 19.3. The van der Waals surface area contributed by atoms with E-state index in [0.717, 1.165) is 24.3 Å². The molecule has 8 nitrogen and oxygen atoms in total. The van der Waals surface area contributed by atoms with Gasteiger partial charge in [-0.3, -0.25) is 4.79 Å². The Bertz CT molecular complexity index is 1540. The average molecular weight is 552 g/mol. The molecule has 1 aromatic heterocycles. The minimum Gasteiger partial charge on any atom is -0.384 e. The van der Waals surface area contributed by atoms with Gasteiger partial charge >= 0.3 is 0 Å². The number of hydrogen-bond donors (Lipinski definition) is 2. The largest absolute Gasteiger partial charge is 0.384 e. The number of benzene rings is 2. The standard InChI is InChI=1S/C24H21ClF3N5O3S/c1-11-2-13-5-17(26)21(37(30,35)36)7-20(13)33(11)24(34)14-9-32(10-14)23-18(27)3-12(4-19(23)28)15-8-31-22(29)6-16(15)25/h3-8,11,14H,2,9-10H2,1H3,(H2,29,31)(H2,30,35,36)/t11-/m0/s1. The number of nitrogen functional groups attached to an aromatic ring is 1. The van der Waals surface area contributed by atoms with Crippen molar-refractivity contribution < 1.29 is 26.4 Å². The Balaban J connectivity index is 1.37. The molecule has 2 aliphatic rings. The number of primary sulfonamides is 1. The zero-order valence-electron chi connectivity index (χ0n) is 19.4. The number of halogens is 4. The van der Waals surface area contributed by atoms with Crippen LogP contribution in [0.1, 0.15) is 12.5 Å². The average Bonchev–Trinajstić information content (AvgIpc) is 3.07. The van der Waals surface area contributed by atoms with Crippen LogP contribution in [-0.4, -0.2) is 38.4 Å². The molecular weight excluding hydrogens is 531 g/mol. The highest BCUT2D eigenvalue weighted by Gasteiger charge is 2.42. The SMILES string of the molecule is C[C@H]1Cc2cc(F)c(S(N)(=O)=O)cc2N1C(=O)C1CN(c2c(F)cc(-c3cnc(N)cc3Cl)cc2F)C1.